The molecule has 136 valence electrons. The van der Waals surface area contributed by atoms with Gasteiger partial charge in [-0.3, -0.25) is 4.79 Å². The average Bonchev–Trinajstić information content (AvgIpc) is 2.71. The number of carbonyl (C=O) groups excluding carboxylic acids is 1. The largest absolute Gasteiger partial charge is 0.324 e. The molecular weight excluding hydrogens is 332 g/mol. The maximum Gasteiger partial charge on any atom is 0.238 e. The Morgan fingerprint density at radius 3 is 2.33 bits per heavy atom. The number of anilines is 1. The molecule has 27 heavy (non-hydrogen) atoms. The molecule has 0 saturated heterocycles. The van der Waals surface area contributed by atoms with E-state index in [4.69, 9.17) is 0 Å². The van der Waals surface area contributed by atoms with Gasteiger partial charge in [0.15, 0.2) is 0 Å². The van der Waals surface area contributed by atoms with Crippen LogP contribution in [0.5, 0.6) is 0 Å². The lowest BCUT2D eigenvalue weighted by Gasteiger charge is -2.14. The highest BCUT2D eigenvalue weighted by Gasteiger charge is 2.11. The fourth-order valence-electron chi connectivity index (χ4n) is 3.66. The number of benzene rings is 4. The van der Waals surface area contributed by atoms with Crippen LogP contribution in [0.15, 0.2) is 66.7 Å². The Kier molecular flexibility index (Phi) is 5.03. The molecule has 0 bridgehead atoms. The zero-order chi connectivity index (χ0) is 18.6. The van der Waals surface area contributed by atoms with Gasteiger partial charge in [0.2, 0.25) is 5.91 Å². The molecule has 0 aliphatic rings. The Morgan fingerprint density at radius 2 is 1.52 bits per heavy atom. The molecule has 0 atom stereocenters. The maximum atomic E-state index is 12.4. The molecule has 4 aromatic carbocycles. The van der Waals surface area contributed by atoms with Crippen LogP contribution in [0.4, 0.5) is 5.69 Å². The molecule has 0 unspecified atom stereocenters. The number of amides is 1. The third-order valence-corrected chi connectivity index (χ3v) is 5.03. The molecule has 0 spiro atoms. The van der Waals surface area contributed by atoms with E-state index in [2.05, 4.69) is 78.2 Å². The Bertz CT molecular complexity index is 1120. The van der Waals surface area contributed by atoms with E-state index in [1.54, 1.807) is 0 Å². The van der Waals surface area contributed by atoms with Gasteiger partial charge in [-0.1, -0.05) is 74.0 Å². The molecular formula is C24H24N2O. The van der Waals surface area contributed by atoms with Crippen LogP contribution >= 0.6 is 0 Å². The van der Waals surface area contributed by atoms with Gasteiger partial charge < -0.3 is 10.6 Å². The predicted octanol–water partition coefficient (Wildman–Crippen LogP) is 5.47. The molecule has 1 amide bonds. The van der Waals surface area contributed by atoms with Gasteiger partial charge in [0, 0.05) is 11.1 Å². The van der Waals surface area contributed by atoms with E-state index >= 15 is 0 Å². The molecule has 3 heteroatoms. The van der Waals surface area contributed by atoms with Crippen LogP contribution < -0.4 is 10.6 Å². The number of unbranched alkanes of at least 4 members (excludes halogenated alkanes) is 1. The van der Waals surface area contributed by atoms with E-state index in [0.717, 1.165) is 35.8 Å². The summed E-state index contributed by atoms with van der Waals surface area (Å²) in [5.41, 5.74) is 0.872. The molecule has 4 aromatic rings. The molecule has 0 fully saturated rings. The van der Waals surface area contributed by atoms with Gasteiger partial charge in [0.05, 0.1) is 6.54 Å². The lowest BCUT2D eigenvalue weighted by molar-refractivity contribution is -0.115. The van der Waals surface area contributed by atoms with Crippen molar-refractivity contribution in [3.8, 4) is 0 Å². The zero-order valence-electron chi connectivity index (χ0n) is 15.6. The molecule has 2 N–H and O–H groups in total. The molecule has 0 heterocycles. The van der Waals surface area contributed by atoms with Gasteiger partial charge in [-0.25, -0.2) is 0 Å². The first-order chi connectivity index (χ1) is 13.3. The normalized spacial score (nSPS) is 11.3. The summed E-state index contributed by atoms with van der Waals surface area (Å²) < 4.78 is 0. The molecule has 4 rings (SSSR count). The van der Waals surface area contributed by atoms with Crippen LogP contribution in [0, 0.1) is 0 Å². The summed E-state index contributed by atoms with van der Waals surface area (Å²) in [6.45, 7) is 3.35. The Balaban J connectivity index is 1.79. The van der Waals surface area contributed by atoms with Crippen molar-refractivity contribution in [1.82, 2.24) is 5.32 Å². The van der Waals surface area contributed by atoms with Crippen molar-refractivity contribution in [2.45, 2.75) is 19.8 Å². The summed E-state index contributed by atoms with van der Waals surface area (Å²) in [4.78, 5) is 12.4. The zero-order valence-corrected chi connectivity index (χ0v) is 15.6. The van der Waals surface area contributed by atoms with Crippen molar-refractivity contribution in [3.63, 3.8) is 0 Å². The first-order valence-electron chi connectivity index (χ1n) is 9.61. The van der Waals surface area contributed by atoms with E-state index < -0.39 is 0 Å². The van der Waals surface area contributed by atoms with Gasteiger partial charge in [0.25, 0.3) is 0 Å². The van der Waals surface area contributed by atoms with Gasteiger partial charge >= 0.3 is 0 Å². The summed E-state index contributed by atoms with van der Waals surface area (Å²) >= 11 is 0. The minimum atomic E-state index is -0.00385. The standard InChI is InChI=1S/C24H24N2O/c1-2-3-14-25-16-24(27)26-23-15-22-18-9-5-4-8-17(18)12-13-20(22)19-10-6-7-11-21(19)23/h4-13,15,25H,2-3,14,16H2,1H3,(H,26,27). The Labute approximate surface area is 159 Å². The van der Waals surface area contributed by atoms with E-state index in [1.165, 1.54) is 21.5 Å². The lowest BCUT2D eigenvalue weighted by atomic mass is 9.96. The smallest absolute Gasteiger partial charge is 0.238 e. The summed E-state index contributed by atoms with van der Waals surface area (Å²) in [6.07, 6.45) is 2.20. The summed E-state index contributed by atoms with van der Waals surface area (Å²) in [5, 5.41) is 13.4. The van der Waals surface area contributed by atoms with E-state index in [9.17, 15) is 4.79 Å². The number of fused-ring (bicyclic) bond motifs is 5. The van der Waals surface area contributed by atoms with Crippen LogP contribution in [0.3, 0.4) is 0 Å². The second kappa shape index (κ2) is 7.77. The highest BCUT2D eigenvalue weighted by atomic mass is 16.1. The number of rotatable bonds is 6. The van der Waals surface area contributed by atoms with Crippen molar-refractivity contribution < 1.29 is 4.79 Å². The van der Waals surface area contributed by atoms with Gasteiger partial charge in [-0.05, 0) is 46.0 Å². The minimum absolute atomic E-state index is 0.00385. The van der Waals surface area contributed by atoms with Gasteiger partial charge in [-0.2, -0.15) is 0 Å². The van der Waals surface area contributed by atoms with Gasteiger partial charge in [-0.15, -0.1) is 0 Å². The number of nitrogens with one attached hydrogen (secondary N) is 2. The minimum Gasteiger partial charge on any atom is -0.324 e. The molecule has 3 nitrogen and oxygen atoms in total. The fraction of sp³-hybridized carbons (Fsp3) is 0.208. The monoisotopic (exact) mass is 356 g/mol. The summed E-state index contributed by atoms with van der Waals surface area (Å²) in [6, 6.07) is 23.1. The maximum absolute atomic E-state index is 12.4. The fourth-order valence-corrected chi connectivity index (χ4v) is 3.66. The second-order valence-corrected chi connectivity index (χ2v) is 6.93. The highest BCUT2D eigenvalue weighted by Crippen LogP contribution is 2.35. The van der Waals surface area contributed by atoms with E-state index in [-0.39, 0.29) is 5.91 Å². The van der Waals surface area contributed by atoms with Gasteiger partial charge in [0.1, 0.15) is 0 Å². The van der Waals surface area contributed by atoms with E-state index in [1.807, 2.05) is 6.07 Å². The van der Waals surface area contributed by atoms with Crippen molar-refractivity contribution in [1.29, 1.82) is 0 Å². The van der Waals surface area contributed by atoms with Crippen molar-refractivity contribution in [2.75, 3.05) is 18.4 Å². The van der Waals surface area contributed by atoms with Crippen LogP contribution in [-0.2, 0) is 4.79 Å². The average molecular weight is 356 g/mol. The third-order valence-electron chi connectivity index (χ3n) is 5.03. The van der Waals surface area contributed by atoms with Crippen LogP contribution in [0.25, 0.3) is 32.3 Å². The first-order valence-corrected chi connectivity index (χ1v) is 9.61. The SMILES string of the molecule is CCCCNCC(=O)Nc1cc2c3ccccc3ccc2c2ccccc12. The summed E-state index contributed by atoms with van der Waals surface area (Å²) in [7, 11) is 0. The van der Waals surface area contributed by atoms with E-state index in [0.29, 0.717) is 6.54 Å². The lowest BCUT2D eigenvalue weighted by Crippen LogP contribution is -2.28. The number of hydrogen-bond donors (Lipinski definition) is 2. The molecule has 0 aliphatic heterocycles. The first kappa shape index (κ1) is 17.5. The van der Waals surface area contributed by atoms with Crippen molar-refractivity contribution in [2.24, 2.45) is 0 Å². The quantitative estimate of drug-likeness (QED) is 0.355. The second-order valence-electron chi connectivity index (χ2n) is 6.93. The summed E-state index contributed by atoms with van der Waals surface area (Å²) in [5.74, 6) is -0.00385. The number of hydrogen-bond acceptors (Lipinski definition) is 2. The highest BCUT2D eigenvalue weighted by molar-refractivity contribution is 6.21. The Morgan fingerprint density at radius 1 is 0.815 bits per heavy atom. The van der Waals surface area contributed by atoms with Crippen LogP contribution in [-0.4, -0.2) is 19.0 Å². The van der Waals surface area contributed by atoms with Crippen molar-refractivity contribution in [3.05, 3.63) is 66.7 Å². The van der Waals surface area contributed by atoms with Crippen molar-refractivity contribution >= 4 is 43.9 Å². The molecule has 0 radical (unpaired) electrons. The van der Waals surface area contributed by atoms with Crippen LogP contribution in [0.2, 0.25) is 0 Å². The molecule has 0 aliphatic carbocycles. The van der Waals surface area contributed by atoms with Crippen LogP contribution in [0.1, 0.15) is 19.8 Å². The third kappa shape index (κ3) is 3.51. The molecule has 0 aromatic heterocycles. The Hall–Kier alpha value is -2.91. The predicted molar refractivity (Wildman–Crippen MR) is 115 cm³/mol. The topological polar surface area (TPSA) is 41.1 Å². The number of carbonyl (C=O) groups is 1. The molecule has 0 saturated carbocycles.